The highest BCUT2D eigenvalue weighted by molar-refractivity contribution is 5.93. The first-order valence-corrected chi connectivity index (χ1v) is 9.91. The standard InChI is InChI=1S/C21H22F3N3O2/c22-21(23,24)15-9-7-12(8-10-15)11-25-20(29)17-16(13-3-1-4-13)19(28)27-18(26-17)14-5-2-6-14/h7-10,13-14H,1-6,11H2,(H,25,29)(H,26,27,28). The van der Waals surface area contributed by atoms with Gasteiger partial charge < -0.3 is 10.3 Å². The van der Waals surface area contributed by atoms with Crippen LogP contribution in [0.25, 0.3) is 0 Å². The molecule has 2 aliphatic rings. The fourth-order valence-electron chi connectivity index (χ4n) is 3.70. The number of aromatic amines is 1. The molecule has 2 fully saturated rings. The van der Waals surface area contributed by atoms with Gasteiger partial charge in [-0.15, -0.1) is 0 Å². The van der Waals surface area contributed by atoms with Crippen molar-refractivity contribution in [2.24, 2.45) is 0 Å². The molecule has 0 unspecified atom stereocenters. The van der Waals surface area contributed by atoms with Gasteiger partial charge in [-0.25, -0.2) is 4.98 Å². The monoisotopic (exact) mass is 405 g/mol. The van der Waals surface area contributed by atoms with Crippen LogP contribution in [0.1, 0.15) is 83.4 Å². The van der Waals surface area contributed by atoms with E-state index in [2.05, 4.69) is 15.3 Å². The molecule has 0 radical (unpaired) electrons. The first kappa shape index (κ1) is 19.7. The molecule has 1 aromatic heterocycles. The molecule has 29 heavy (non-hydrogen) atoms. The summed E-state index contributed by atoms with van der Waals surface area (Å²) in [6.07, 6.45) is 1.29. The first-order valence-electron chi connectivity index (χ1n) is 9.91. The highest BCUT2D eigenvalue weighted by Crippen LogP contribution is 2.38. The Morgan fingerprint density at radius 1 is 1.07 bits per heavy atom. The van der Waals surface area contributed by atoms with Crippen molar-refractivity contribution in [1.29, 1.82) is 0 Å². The maximum Gasteiger partial charge on any atom is 0.416 e. The van der Waals surface area contributed by atoms with Crippen LogP contribution in [0, 0.1) is 0 Å². The van der Waals surface area contributed by atoms with Crippen molar-refractivity contribution >= 4 is 5.91 Å². The maximum atomic E-state index is 12.8. The minimum Gasteiger partial charge on any atom is -0.347 e. The SMILES string of the molecule is O=C(NCc1ccc(C(F)(F)F)cc1)c1nc(C2CCC2)[nH]c(=O)c1C1CCC1. The van der Waals surface area contributed by atoms with Gasteiger partial charge in [-0.2, -0.15) is 13.2 Å². The second kappa shape index (κ2) is 7.65. The van der Waals surface area contributed by atoms with Gasteiger partial charge in [-0.1, -0.05) is 25.0 Å². The van der Waals surface area contributed by atoms with Crippen LogP contribution in [-0.2, 0) is 12.7 Å². The molecule has 2 saturated carbocycles. The number of carbonyl (C=O) groups is 1. The van der Waals surface area contributed by atoms with Crippen LogP contribution in [0.2, 0.25) is 0 Å². The zero-order valence-electron chi connectivity index (χ0n) is 15.8. The Morgan fingerprint density at radius 3 is 2.21 bits per heavy atom. The fourth-order valence-corrected chi connectivity index (χ4v) is 3.70. The maximum absolute atomic E-state index is 12.8. The minimum atomic E-state index is -4.40. The lowest BCUT2D eigenvalue weighted by Crippen LogP contribution is -2.33. The van der Waals surface area contributed by atoms with Crippen molar-refractivity contribution in [3.63, 3.8) is 0 Å². The molecule has 0 aliphatic heterocycles. The number of benzene rings is 1. The molecule has 4 rings (SSSR count). The third kappa shape index (κ3) is 4.06. The third-order valence-electron chi connectivity index (χ3n) is 5.93. The largest absolute Gasteiger partial charge is 0.416 e. The van der Waals surface area contributed by atoms with Gasteiger partial charge in [-0.05, 0) is 49.3 Å². The molecule has 5 nitrogen and oxygen atoms in total. The van der Waals surface area contributed by atoms with Crippen molar-refractivity contribution in [3.8, 4) is 0 Å². The zero-order valence-corrected chi connectivity index (χ0v) is 15.8. The Hall–Kier alpha value is -2.64. The molecule has 1 heterocycles. The van der Waals surface area contributed by atoms with E-state index in [1.54, 1.807) is 0 Å². The Morgan fingerprint density at radius 2 is 1.69 bits per heavy atom. The molecule has 0 spiro atoms. The average molecular weight is 405 g/mol. The van der Waals surface area contributed by atoms with E-state index < -0.39 is 17.6 Å². The highest BCUT2D eigenvalue weighted by atomic mass is 19.4. The van der Waals surface area contributed by atoms with Gasteiger partial charge in [-0.3, -0.25) is 9.59 Å². The molecular formula is C21H22F3N3O2. The quantitative estimate of drug-likeness (QED) is 0.781. The summed E-state index contributed by atoms with van der Waals surface area (Å²) in [6, 6.07) is 4.64. The van der Waals surface area contributed by atoms with Gasteiger partial charge in [0.05, 0.1) is 11.1 Å². The van der Waals surface area contributed by atoms with Crippen LogP contribution in [-0.4, -0.2) is 15.9 Å². The topological polar surface area (TPSA) is 74.8 Å². The van der Waals surface area contributed by atoms with Gasteiger partial charge in [0.25, 0.3) is 11.5 Å². The lowest BCUT2D eigenvalue weighted by molar-refractivity contribution is -0.137. The summed E-state index contributed by atoms with van der Waals surface area (Å²) in [7, 11) is 0. The number of H-pyrrole nitrogens is 1. The van der Waals surface area contributed by atoms with Crippen molar-refractivity contribution in [3.05, 3.63) is 62.8 Å². The lowest BCUT2D eigenvalue weighted by Gasteiger charge is -2.28. The van der Waals surface area contributed by atoms with Crippen LogP contribution in [0.5, 0.6) is 0 Å². The Labute approximate surface area is 165 Å². The second-order valence-electron chi connectivity index (χ2n) is 7.85. The molecule has 0 saturated heterocycles. The smallest absolute Gasteiger partial charge is 0.347 e. The average Bonchev–Trinajstić information content (AvgIpc) is 2.58. The molecule has 2 N–H and O–H groups in total. The molecule has 0 bridgehead atoms. The van der Waals surface area contributed by atoms with Crippen LogP contribution < -0.4 is 10.9 Å². The molecule has 2 aromatic rings. The summed E-state index contributed by atoms with van der Waals surface area (Å²) < 4.78 is 38.0. The van der Waals surface area contributed by atoms with Gasteiger partial charge in [0.2, 0.25) is 0 Å². The van der Waals surface area contributed by atoms with Gasteiger partial charge in [0.1, 0.15) is 11.5 Å². The number of nitrogens with zero attached hydrogens (tertiary/aromatic N) is 1. The Bertz CT molecular complexity index is 959. The van der Waals surface area contributed by atoms with E-state index in [0.29, 0.717) is 17.0 Å². The highest BCUT2D eigenvalue weighted by Gasteiger charge is 2.32. The van der Waals surface area contributed by atoms with Gasteiger partial charge >= 0.3 is 6.18 Å². The fraction of sp³-hybridized carbons (Fsp3) is 0.476. The van der Waals surface area contributed by atoms with Crippen molar-refractivity contribution in [1.82, 2.24) is 15.3 Å². The number of aromatic nitrogens is 2. The van der Waals surface area contributed by atoms with Gasteiger partial charge in [0.15, 0.2) is 0 Å². The number of nitrogens with one attached hydrogen (secondary N) is 2. The lowest BCUT2D eigenvalue weighted by atomic mass is 9.79. The van der Waals surface area contributed by atoms with E-state index in [-0.39, 0.29) is 29.6 Å². The molecule has 154 valence electrons. The van der Waals surface area contributed by atoms with E-state index in [9.17, 15) is 22.8 Å². The van der Waals surface area contributed by atoms with Gasteiger partial charge in [0, 0.05) is 12.5 Å². The van der Waals surface area contributed by atoms with Crippen LogP contribution in [0.15, 0.2) is 29.1 Å². The predicted octanol–water partition coefficient (Wildman–Crippen LogP) is 4.25. The van der Waals surface area contributed by atoms with Crippen molar-refractivity contribution < 1.29 is 18.0 Å². The minimum absolute atomic E-state index is 0.0357. The normalized spacial score (nSPS) is 17.5. The summed E-state index contributed by atoms with van der Waals surface area (Å²) in [5, 5.41) is 2.71. The number of hydrogen-bond acceptors (Lipinski definition) is 3. The first-order chi connectivity index (χ1) is 13.8. The number of amides is 1. The van der Waals surface area contributed by atoms with Crippen molar-refractivity contribution in [2.45, 2.75) is 63.1 Å². The Kier molecular flexibility index (Phi) is 5.19. The second-order valence-corrected chi connectivity index (χ2v) is 7.85. The summed E-state index contributed by atoms with van der Waals surface area (Å²) in [6.45, 7) is 0.0638. The van der Waals surface area contributed by atoms with Crippen molar-refractivity contribution in [2.75, 3.05) is 0 Å². The van der Waals surface area contributed by atoms with E-state index >= 15 is 0 Å². The molecular weight excluding hydrogens is 383 g/mol. The summed E-state index contributed by atoms with van der Waals surface area (Å²) in [5.41, 5.74) is 0.157. The zero-order chi connectivity index (χ0) is 20.6. The number of alkyl halides is 3. The summed E-state index contributed by atoms with van der Waals surface area (Å²) >= 11 is 0. The van der Waals surface area contributed by atoms with E-state index in [1.807, 2.05) is 0 Å². The number of rotatable bonds is 5. The number of halogens is 3. The van der Waals surface area contributed by atoms with E-state index in [4.69, 9.17) is 0 Å². The van der Waals surface area contributed by atoms with Crippen LogP contribution >= 0.6 is 0 Å². The van der Waals surface area contributed by atoms with E-state index in [0.717, 1.165) is 50.7 Å². The summed E-state index contributed by atoms with van der Waals surface area (Å²) in [4.78, 5) is 32.9. The molecule has 2 aliphatic carbocycles. The Balaban J connectivity index is 1.54. The number of hydrogen-bond donors (Lipinski definition) is 2. The van der Waals surface area contributed by atoms with Crippen LogP contribution in [0.3, 0.4) is 0 Å². The molecule has 8 heteroatoms. The molecule has 1 amide bonds. The molecule has 0 atom stereocenters. The number of carbonyl (C=O) groups excluding carboxylic acids is 1. The van der Waals surface area contributed by atoms with Crippen LogP contribution in [0.4, 0.5) is 13.2 Å². The summed E-state index contributed by atoms with van der Waals surface area (Å²) in [5.74, 6) is 0.315. The van der Waals surface area contributed by atoms with E-state index in [1.165, 1.54) is 12.1 Å². The molecule has 1 aromatic carbocycles. The predicted molar refractivity (Wildman–Crippen MR) is 101 cm³/mol. The third-order valence-corrected chi connectivity index (χ3v) is 5.93.